The maximum atomic E-state index is 12.5. The van der Waals surface area contributed by atoms with Crippen LogP contribution in [0, 0.1) is 56.7 Å². The van der Waals surface area contributed by atoms with Gasteiger partial charge in [0.1, 0.15) is 54.6 Å². The summed E-state index contributed by atoms with van der Waals surface area (Å²) in [4.78, 5) is 12.5. The Morgan fingerprint density at radius 3 is 2.07 bits per heavy atom. The van der Waals surface area contributed by atoms with Crippen molar-refractivity contribution in [1.82, 2.24) is 0 Å². The number of ether oxygens (including phenoxy) is 4. The van der Waals surface area contributed by atoms with Crippen LogP contribution >= 0.6 is 0 Å². The van der Waals surface area contributed by atoms with Gasteiger partial charge >= 0.3 is 0 Å². The molecule has 322 valence electrons. The van der Waals surface area contributed by atoms with Crippen molar-refractivity contribution in [2.24, 2.45) is 56.7 Å². The van der Waals surface area contributed by atoms with Crippen molar-refractivity contribution in [3.05, 3.63) is 0 Å². The van der Waals surface area contributed by atoms with Crippen LogP contribution in [0.1, 0.15) is 106 Å². The Morgan fingerprint density at radius 1 is 0.804 bits per heavy atom. The van der Waals surface area contributed by atoms with Crippen LogP contribution in [0.25, 0.3) is 0 Å². The Hall–Kier alpha value is -0.850. The lowest BCUT2D eigenvalue weighted by atomic mass is 9.38. The summed E-state index contributed by atoms with van der Waals surface area (Å²) in [5.41, 5.74) is -1.25. The molecule has 7 fully saturated rings. The number of Topliss-reactive ketones (excluding diaryl/α,β-unsaturated/α-hetero) is 1. The van der Waals surface area contributed by atoms with Crippen LogP contribution in [0.4, 0.5) is 0 Å². The van der Waals surface area contributed by atoms with E-state index in [2.05, 4.69) is 34.6 Å². The fourth-order valence-electron chi connectivity index (χ4n) is 14.2. The summed E-state index contributed by atoms with van der Waals surface area (Å²) < 4.78 is 23.7. The number of fused-ring (bicyclic) bond motifs is 2. The molecule has 7 aliphatic rings. The largest absolute Gasteiger partial charge is 0.394 e. The van der Waals surface area contributed by atoms with Gasteiger partial charge in [-0.25, -0.2) is 0 Å². The van der Waals surface area contributed by atoms with Crippen molar-refractivity contribution < 1.29 is 69.7 Å². The van der Waals surface area contributed by atoms with E-state index in [0.717, 1.165) is 32.1 Å². The zero-order chi connectivity index (χ0) is 41.1. The fourth-order valence-corrected chi connectivity index (χ4v) is 14.2. The summed E-state index contributed by atoms with van der Waals surface area (Å²) in [7, 11) is 0. The van der Waals surface area contributed by atoms with E-state index < -0.39 is 98.4 Å². The second kappa shape index (κ2) is 15.0. The number of aliphatic hydroxyl groups excluding tert-OH is 9. The minimum atomic E-state index is -1.67. The molecule has 2 spiro atoms. The molecule has 14 heteroatoms. The second-order valence-electron chi connectivity index (χ2n) is 20.5. The van der Waals surface area contributed by atoms with Crippen LogP contribution in [-0.2, 0) is 23.7 Å². The summed E-state index contributed by atoms with van der Waals surface area (Å²) in [5.74, 6) is 0.767. The first-order valence-corrected chi connectivity index (χ1v) is 21.3. The van der Waals surface area contributed by atoms with Crippen molar-refractivity contribution in [3.63, 3.8) is 0 Å². The Bertz CT molecular complexity index is 1440. The smallest absolute Gasteiger partial charge is 0.186 e. The maximum Gasteiger partial charge on any atom is 0.186 e. The van der Waals surface area contributed by atoms with Gasteiger partial charge in [0.25, 0.3) is 0 Å². The van der Waals surface area contributed by atoms with E-state index in [-0.39, 0.29) is 57.0 Å². The summed E-state index contributed by atoms with van der Waals surface area (Å²) >= 11 is 0. The van der Waals surface area contributed by atoms with E-state index in [1.165, 1.54) is 0 Å². The normalized spacial score (nSPS) is 54.1. The standard InChI is InChI=1S/C42H70O14/c1-19(2)22(44)9-8-20(3)29-21-14-27(46)42-18-41(42)13-11-28(38(4,5)26(41)10-12-40(42,7)39(21,6)15-23(29)45)56-37-35(52)33(50)31(48)25(55-37)17-53-36-34(51)32(49)30(47)24(16-43)54-36/h19-21,23-37,43,45-52H,8-18H2,1-7H3/t20-,21-,23+,24-,25-,26+,27-,28+,29-,30-,31-,32+,33+,34-,35-,36-,37+,39-,40+,41-,42-/m1/s1. The molecule has 21 atom stereocenters. The average Bonchev–Trinajstić information content (AvgIpc) is 3.77. The highest BCUT2D eigenvalue weighted by Crippen LogP contribution is 2.91. The third kappa shape index (κ3) is 6.16. The second-order valence-corrected chi connectivity index (χ2v) is 20.5. The zero-order valence-corrected chi connectivity index (χ0v) is 34.2. The molecule has 0 radical (unpaired) electrons. The molecule has 2 saturated heterocycles. The number of aliphatic hydroxyl groups is 9. The summed E-state index contributed by atoms with van der Waals surface area (Å²) in [6, 6.07) is 0. The maximum absolute atomic E-state index is 12.5. The topological polar surface area (TPSA) is 236 Å². The van der Waals surface area contributed by atoms with E-state index in [4.69, 9.17) is 18.9 Å². The SMILES string of the molecule is CC(C)C(=O)CC[C@@H](C)[C@@H]1[C@H]2C[C@@H](O)[C@@]34C[C@@]35CC[C@H](O[C@@H]3O[C@H](CO[C@@H]6O[C@H](CO)[C@@H](O)[C@H](O)[C@H]6O)[C@@H](O)[C@H](O)[C@H]3O)C(C)(C)[C@@H]5CC[C@@]4(C)[C@]2(C)C[C@@H]1O. The third-order valence-corrected chi connectivity index (χ3v) is 17.6. The first-order chi connectivity index (χ1) is 26.1. The minimum Gasteiger partial charge on any atom is -0.394 e. The van der Waals surface area contributed by atoms with Gasteiger partial charge in [-0.05, 0) is 96.7 Å². The predicted molar refractivity (Wildman–Crippen MR) is 199 cm³/mol. The Balaban J connectivity index is 1.05. The van der Waals surface area contributed by atoms with Crippen molar-refractivity contribution in [1.29, 1.82) is 0 Å². The Labute approximate surface area is 330 Å². The number of ketones is 1. The van der Waals surface area contributed by atoms with E-state index in [9.17, 15) is 50.8 Å². The van der Waals surface area contributed by atoms with Crippen molar-refractivity contribution in [3.8, 4) is 0 Å². The lowest BCUT2D eigenvalue weighted by molar-refractivity contribution is -0.344. The molecule has 0 aromatic heterocycles. The highest BCUT2D eigenvalue weighted by molar-refractivity contribution is 5.80. The van der Waals surface area contributed by atoms with Crippen LogP contribution in [-0.4, -0.2) is 145 Å². The summed E-state index contributed by atoms with van der Waals surface area (Å²) in [5, 5.41) is 97.2. The van der Waals surface area contributed by atoms with E-state index in [1.807, 2.05) is 13.8 Å². The van der Waals surface area contributed by atoms with Crippen LogP contribution < -0.4 is 0 Å². The van der Waals surface area contributed by atoms with Crippen LogP contribution in [0.5, 0.6) is 0 Å². The molecule has 9 N–H and O–H groups in total. The van der Waals surface area contributed by atoms with Gasteiger partial charge in [0.15, 0.2) is 12.6 Å². The molecule has 0 amide bonds. The number of carbonyl (C=O) groups excluding carboxylic acids is 1. The molecule has 14 nitrogen and oxygen atoms in total. The molecule has 0 unspecified atom stereocenters. The third-order valence-electron chi connectivity index (χ3n) is 17.6. The number of rotatable bonds is 11. The number of hydrogen-bond acceptors (Lipinski definition) is 14. The van der Waals surface area contributed by atoms with Gasteiger partial charge in [0, 0.05) is 17.8 Å². The Morgan fingerprint density at radius 2 is 1.43 bits per heavy atom. The minimum absolute atomic E-state index is 0.00775. The van der Waals surface area contributed by atoms with E-state index in [1.54, 1.807) is 0 Å². The van der Waals surface area contributed by atoms with Gasteiger partial charge in [0.05, 0.1) is 31.5 Å². The quantitative estimate of drug-likeness (QED) is 0.133. The molecular weight excluding hydrogens is 728 g/mol. The van der Waals surface area contributed by atoms with Gasteiger partial charge < -0.3 is 64.9 Å². The van der Waals surface area contributed by atoms with Crippen LogP contribution in [0.15, 0.2) is 0 Å². The van der Waals surface area contributed by atoms with Crippen LogP contribution in [0.3, 0.4) is 0 Å². The highest BCUT2D eigenvalue weighted by atomic mass is 16.7. The first kappa shape index (κ1) is 43.2. The summed E-state index contributed by atoms with van der Waals surface area (Å²) in [6.07, 6.45) is -9.61. The van der Waals surface area contributed by atoms with E-state index >= 15 is 0 Å². The van der Waals surface area contributed by atoms with Crippen molar-refractivity contribution in [2.45, 2.75) is 186 Å². The molecular formula is C42H70O14. The molecule has 0 aromatic rings. The average molecular weight is 799 g/mol. The lowest BCUT2D eigenvalue weighted by Crippen LogP contribution is -2.65. The van der Waals surface area contributed by atoms with Gasteiger partial charge in [-0.15, -0.1) is 0 Å². The van der Waals surface area contributed by atoms with Gasteiger partial charge in [-0.2, -0.15) is 0 Å². The first-order valence-electron chi connectivity index (χ1n) is 21.3. The van der Waals surface area contributed by atoms with Crippen LogP contribution in [0.2, 0.25) is 0 Å². The number of carbonyl (C=O) groups is 1. The number of hydrogen-bond donors (Lipinski definition) is 9. The Kier molecular flexibility index (Phi) is 11.5. The zero-order valence-electron chi connectivity index (χ0n) is 34.2. The van der Waals surface area contributed by atoms with Crippen molar-refractivity contribution in [2.75, 3.05) is 13.2 Å². The van der Waals surface area contributed by atoms with Gasteiger partial charge in [-0.3, -0.25) is 4.79 Å². The molecule has 2 aliphatic heterocycles. The molecule has 56 heavy (non-hydrogen) atoms. The molecule has 2 heterocycles. The van der Waals surface area contributed by atoms with E-state index in [0.29, 0.717) is 25.7 Å². The molecule has 5 saturated carbocycles. The highest BCUT2D eigenvalue weighted by Gasteiger charge is 2.87. The molecule has 0 bridgehead atoms. The van der Waals surface area contributed by atoms with Gasteiger partial charge in [0.2, 0.25) is 0 Å². The monoisotopic (exact) mass is 798 g/mol. The summed E-state index contributed by atoms with van der Waals surface area (Å²) in [6.45, 7) is 14.1. The lowest BCUT2D eigenvalue weighted by Gasteiger charge is -2.67. The van der Waals surface area contributed by atoms with Gasteiger partial charge in [-0.1, -0.05) is 48.5 Å². The molecule has 5 aliphatic carbocycles. The molecule has 7 rings (SSSR count). The fraction of sp³-hybridized carbons (Fsp3) is 0.976. The predicted octanol–water partition coefficient (Wildman–Crippen LogP) is 1.02. The van der Waals surface area contributed by atoms with Crippen molar-refractivity contribution >= 4 is 5.78 Å². The molecule has 0 aromatic carbocycles.